The molecule has 6 aromatic carbocycles. The van der Waals surface area contributed by atoms with Crippen molar-refractivity contribution in [2.24, 2.45) is 0 Å². The van der Waals surface area contributed by atoms with Crippen molar-refractivity contribution in [2.45, 2.75) is 19.3 Å². The minimum Gasteiger partial charge on any atom is -0.308 e. The van der Waals surface area contributed by atoms with E-state index in [1.54, 1.807) is 6.20 Å². The van der Waals surface area contributed by atoms with Crippen LogP contribution in [0.3, 0.4) is 0 Å². The minimum atomic E-state index is -0.354. The van der Waals surface area contributed by atoms with Crippen LogP contribution in [0.25, 0.3) is 94.5 Å². The highest BCUT2D eigenvalue weighted by molar-refractivity contribution is 6.24. The number of pyridine rings is 1. The molecule has 1 aliphatic carbocycles. The molecular weight excluding hydrogens is 635 g/mol. The lowest BCUT2D eigenvalue weighted by Gasteiger charge is -2.26. The van der Waals surface area contributed by atoms with Crippen LogP contribution in [-0.4, -0.2) is 24.3 Å². The Balaban J connectivity index is 1.14. The van der Waals surface area contributed by atoms with Gasteiger partial charge in [0.25, 0.3) is 0 Å². The Bertz CT molecular complexity index is 2890. The van der Waals surface area contributed by atoms with Gasteiger partial charge in [0.1, 0.15) is 0 Å². The molecule has 0 saturated heterocycles. The molecule has 244 valence electrons. The van der Waals surface area contributed by atoms with Crippen LogP contribution in [0.2, 0.25) is 0 Å². The molecule has 0 bridgehead atoms. The number of nitrogens with zero attached hydrogens (tertiary/aromatic N) is 5. The summed E-state index contributed by atoms with van der Waals surface area (Å²) in [6, 6.07) is 49.8. The fourth-order valence-electron chi connectivity index (χ4n) is 8.89. The molecular formula is C47H31N5. The Labute approximate surface area is 300 Å². The normalized spacial score (nSPS) is 13.3. The van der Waals surface area contributed by atoms with Gasteiger partial charge in [-0.25, -0.2) is 15.0 Å². The molecule has 10 aromatic rings. The second-order valence-corrected chi connectivity index (χ2v) is 14.3. The average Bonchev–Trinajstić information content (AvgIpc) is 3.81. The second-order valence-electron chi connectivity index (χ2n) is 14.3. The van der Waals surface area contributed by atoms with Crippen LogP contribution in [0.1, 0.15) is 25.0 Å². The Morgan fingerprint density at radius 2 is 0.981 bits per heavy atom. The fourth-order valence-corrected chi connectivity index (χ4v) is 8.89. The second kappa shape index (κ2) is 10.6. The SMILES string of the molecule is CC1(C)c2c(-c3cc4c5ccccc5n5c6ccccc6c(c3)c45)cccc2-c2cccc(-c3nc(-c4ccccc4)nc(-c4cccnc4)n3)c21. The maximum absolute atomic E-state index is 5.15. The summed E-state index contributed by atoms with van der Waals surface area (Å²) in [6.45, 7) is 4.70. The largest absolute Gasteiger partial charge is 0.308 e. The number of hydrogen-bond donors (Lipinski definition) is 0. The van der Waals surface area contributed by atoms with Gasteiger partial charge in [0, 0.05) is 56.0 Å². The Kier molecular flexibility index (Phi) is 5.95. The van der Waals surface area contributed by atoms with Crippen LogP contribution in [0.4, 0.5) is 0 Å². The predicted molar refractivity (Wildman–Crippen MR) is 212 cm³/mol. The van der Waals surface area contributed by atoms with Crippen molar-refractivity contribution in [3.8, 4) is 56.4 Å². The predicted octanol–water partition coefficient (Wildman–Crippen LogP) is 11.4. The van der Waals surface area contributed by atoms with Gasteiger partial charge in [-0.3, -0.25) is 4.98 Å². The topological polar surface area (TPSA) is 56.0 Å². The maximum Gasteiger partial charge on any atom is 0.165 e. The summed E-state index contributed by atoms with van der Waals surface area (Å²) >= 11 is 0. The first-order valence-corrected chi connectivity index (χ1v) is 17.7. The molecule has 52 heavy (non-hydrogen) atoms. The molecule has 0 atom stereocenters. The molecule has 1 aliphatic rings. The van der Waals surface area contributed by atoms with Crippen LogP contribution in [0.5, 0.6) is 0 Å². The van der Waals surface area contributed by atoms with E-state index in [9.17, 15) is 0 Å². The number of rotatable bonds is 4. The summed E-state index contributed by atoms with van der Waals surface area (Å²) in [6.07, 6.45) is 3.58. The summed E-state index contributed by atoms with van der Waals surface area (Å²) in [5.74, 6) is 1.90. The van der Waals surface area contributed by atoms with E-state index in [4.69, 9.17) is 15.0 Å². The van der Waals surface area contributed by atoms with Gasteiger partial charge in [-0.15, -0.1) is 0 Å². The lowest BCUT2D eigenvalue weighted by atomic mass is 9.77. The van der Waals surface area contributed by atoms with Crippen molar-refractivity contribution in [1.82, 2.24) is 24.3 Å². The van der Waals surface area contributed by atoms with Gasteiger partial charge in [-0.05, 0) is 69.8 Å². The van der Waals surface area contributed by atoms with E-state index < -0.39 is 0 Å². The Hall–Kier alpha value is -6.72. The van der Waals surface area contributed by atoms with Crippen molar-refractivity contribution in [3.63, 3.8) is 0 Å². The third-order valence-corrected chi connectivity index (χ3v) is 11.0. The van der Waals surface area contributed by atoms with Gasteiger partial charge in [0.05, 0.1) is 16.6 Å². The number of fused-ring (bicyclic) bond motifs is 9. The number of benzene rings is 6. The molecule has 0 saturated carbocycles. The van der Waals surface area contributed by atoms with Crippen molar-refractivity contribution >= 4 is 38.1 Å². The van der Waals surface area contributed by atoms with Crippen LogP contribution >= 0.6 is 0 Å². The first-order valence-electron chi connectivity index (χ1n) is 17.7. The molecule has 0 unspecified atom stereocenters. The lowest BCUT2D eigenvalue weighted by Crippen LogP contribution is -2.18. The molecule has 0 N–H and O–H groups in total. The molecule has 4 heterocycles. The molecule has 0 amide bonds. The number of aromatic nitrogens is 5. The highest BCUT2D eigenvalue weighted by Gasteiger charge is 2.40. The van der Waals surface area contributed by atoms with E-state index in [-0.39, 0.29) is 5.41 Å². The minimum absolute atomic E-state index is 0.354. The van der Waals surface area contributed by atoms with E-state index in [0.29, 0.717) is 17.5 Å². The van der Waals surface area contributed by atoms with Crippen LogP contribution in [0, 0.1) is 0 Å². The molecule has 4 aromatic heterocycles. The fraction of sp³-hybridized carbons (Fsp3) is 0.0638. The number of para-hydroxylation sites is 2. The average molecular weight is 666 g/mol. The third kappa shape index (κ3) is 3.99. The summed E-state index contributed by atoms with van der Waals surface area (Å²) < 4.78 is 2.44. The van der Waals surface area contributed by atoms with Crippen molar-refractivity contribution < 1.29 is 0 Å². The first kappa shape index (κ1) is 29.1. The highest BCUT2D eigenvalue weighted by atomic mass is 15.0. The van der Waals surface area contributed by atoms with Gasteiger partial charge in [0.15, 0.2) is 17.5 Å². The molecule has 0 aliphatic heterocycles. The smallest absolute Gasteiger partial charge is 0.165 e. The summed E-state index contributed by atoms with van der Waals surface area (Å²) in [5.41, 5.74) is 13.7. The molecule has 11 rings (SSSR count). The van der Waals surface area contributed by atoms with Crippen molar-refractivity contribution in [2.75, 3.05) is 0 Å². The molecule has 0 radical (unpaired) electrons. The van der Waals surface area contributed by atoms with Gasteiger partial charge in [-0.2, -0.15) is 0 Å². The molecule has 0 spiro atoms. The van der Waals surface area contributed by atoms with Crippen LogP contribution in [0.15, 0.2) is 152 Å². The molecule has 5 heteroatoms. The third-order valence-electron chi connectivity index (χ3n) is 11.0. The van der Waals surface area contributed by atoms with Crippen molar-refractivity contribution in [1.29, 1.82) is 0 Å². The monoisotopic (exact) mass is 665 g/mol. The van der Waals surface area contributed by atoms with Crippen LogP contribution in [-0.2, 0) is 5.41 Å². The molecule has 0 fully saturated rings. The zero-order valence-electron chi connectivity index (χ0n) is 28.7. The summed E-state index contributed by atoms with van der Waals surface area (Å²) in [7, 11) is 0. The van der Waals surface area contributed by atoms with Crippen LogP contribution < -0.4 is 0 Å². The lowest BCUT2D eigenvalue weighted by molar-refractivity contribution is 0.663. The zero-order valence-corrected chi connectivity index (χ0v) is 28.7. The zero-order chi connectivity index (χ0) is 34.6. The summed E-state index contributed by atoms with van der Waals surface area (Å²) in [4.78, 5) is 19.6. The Morgan fingerprint density at radius 1 is 0.442 bits per heavy atom. The van der Waals surface area contributed by atoms with Gasteiger partial charge in [0.2, 0.25) is 0 Å². The van der Waals surface area contributed by atoms with Gasteiger partial charge >= 0.3 is 0 Å². The van der Waals surface area contributed by atoms with E-state index >= 15 is 0 Å². The maximum atomic E-state index is 5.15. The van der Waals surface area contributed by atoms with E-state index in [1.165, 1.54) is 71.5 Å². The standard InChI is InChI=1S/C47H31N5/c1-47(2)41-31(30-25-37-32-16-6-8-22-39(32)52-40-23-9-7-17-33(40)38(26-30)43(37)52)18-10-19-34(41)35-20-11-21-36(42(35)47)46-50-44(28-13-4-3-5-14-28)49-45(51-46)29-15-12-24-48-27-29/h3-27H,1-2H3. The molecule has 5 nitrogen and oxygen atoms in total. The highest BCUT2D eigenvalue weighted by Crippen LogP contribution is 2.55. The van der Waals surface area contributed by atoms with E-state index in [2.05, 4.69) is 120 Å². The van der Waals surface area contributed by atoms with Gasteiger partial charge < -0.3 is 4.40 Å². The van der Waals surface area contributed by atoms with E-state index in [0.717, 1.165) is 16.7 Å². The van der Waals surface area contributed by atoms with Crippen molar-refractivity contribution in [3.05, 3.63) is 163 Å². The quantitative estimate of drug-likeness (QED) is 0.188. The Morgan fingerprint density at radius 3 is 1.63 bits per heavy atom. The first-order chi connectivity index (χ1) is 25.6. The van der Waals surface area contributed by atoms with Gasteiger partial charge in [-0.1, -0.05) is 117 Å². The number of hydrogen-bond acceptors (Lipinski definition) is 4. The summed E-state index contributed by atoms with van der Waals surface area (Å²) in [5, 5.41) is 5.13. The van der Waals surface area contributed by atoms with E-state index in [1.807, 2.05) is 48.7 Å².